The third kappa shape index (κ3) is 2.97. The van der Waals surface area contributed by atoms with Crippen LogP contribution in [0.5, 0.6) is 0 Å². The molecule has 1 fully saturated rings. The van der Waals surface area contributed by atoms with Crippen LogP contribution in [-0.4, -0.2) is 17.6 Å². The lowest BCUT2D eigenvalue weighted by Gasteiger charge is -2.28. The van der Waals surface area contributed by atoms with Crippen LogP contribution in [0.4, 0.5) is 5.82 Å². The Hall–Kier alpha value is -1.09. The van der Waals surface area contributed by atoms with Gasteiger partial charge in [-0.15, -0.1) is 0 Å². The second kappa shape index (κ2) is 5.50. The van der Waals surface area contributed by atoms with E-state index in [1.54, 1.807) is 0 Å². The molecule has 1 aliphatic heterocycles. The minimum absolute atomic E-state index is 0.0824. The Bertz CT molecular complexity index is 362. The molecule has 0 amide bonds. The number of nitrogens with two attached hydrogens (primary N) is 1. The van der Waals surface area contributed by atoms with Gasteiger partial charge in [-0.3, -0.25) is 0 Å². The van der Waals surface area contributed by atoms with Gasteiger partial charge in [0.25, 0.3) is 0 Å². The maximum absolute atomic E-state index is 5.93. The number of nitrogens with zero attached hydrogens (tertiary/aromatic N) is 2. The van der Waals surface area contributed by atoms with Crippen molar-refractivity contribution in [3.8, 4) is 0 Å². The van der Waals surface area contributed by atoms with E-state index in [0.29, 0.717) is 6.04 Å². The van der Waals surface area contributed by atoms with Gasteiger partial charge in [0, 0.05) is 24.8 Å². The molecular formula is C14H23N3. The molecule has 0 aliphatic carbocycles. The first-order valence-electron chi connectivity index (χ1n) is 6.66. The topological polar surface area (TPSA) is 42.1 Å². The molecule has 0 spiro atoms. The molecule has 2 heterocycles. The van der Waals surface area contributed by atoms with Crippen molar-refractivity contribution in [2.45, 2.75) is 51.6 Å². The van der Waals surface area contributed by atoms with Gasteiger partial charge in [-0.25, -0.2) is 4.98 Å². The lowest BCUT2D eigenvalue weighted by Crippen LogP contribution is -2.33. The summed E-state index contributed by atoms with van der Waals surface area (Å²) >= 11 is 0. The van der Waals surface area contributed by atoms with Crippen molar-refractivity contribution in [2.75, 3.05) is 11.4 Å². The molecule has 1 aromatic heterocycles. The highest BCUT2D eigenvalue weighted by molar-refractivity contribution is 5.42. The second-order valence-electron chi connectivity index (χ2n) is 5.13. The Morgan fingerprint density at radius 2 is 2.24 bits per heavy atom. The van der Waals surface area contributed by atoms with Crippen LogP contribution < -0.4 is 10.6 Å². The summed E-state index contributed by atoms with van der Waals surface area (Å²) in [5, 5.41) is 0. The fourth-order valence-electron chi connectivity index (χ4n) is 2.49. The number of hydrogen-bond donors (Lipinski definition) is 1. The quantitative estimate of drug-likeness (QED) is 0.854. The van der Waals surface area contributed by atoms with Gasteiger partial charge >= 0.3 is 0 Å². The minimum Gasteiger partial charge on any atom is -0.354 e. The first-order chi connectivity index (χ1) is 8.18. The smallest absolute Gasteiger partial charge is 0.129 e. The van der Waals surface area contributed by atoms with Crippen LogP contribution in [0.1, 0.15) is 51.1 Å². The normalized spacial score (nSPS) is 23.2. The van der Waals surface area contributed by atoms with Gasteiger partial charge in [0.15, 0.2) is 0 Å². The van der Waals surface area contributed by atoms with E-state index in [1.165, 1.54) is 31.2 Å². The Balaban J connectivity index is 2.22. The average Bonchev–Trinajstić information content (AvgIpc) is 2.54. The minimum atomic E-state index is 0.0824. The van der Waals surface area contributed by atoms with Gasteiger partial charge in [-0.2, -0.15) is 0 Å². The molecule has 3 nitrogen and oxygen atoms in total. The summed E-state index contributed by atoms with van der Waals surface area (Å²) in [6.07, 6.45) is 7.10. The van der Waals surface area contributed by atoms with Crippen LogP contribution in [-0.2, 0) is 0 Å². The molecule has 94 valence electrons. The van der Waals surface area contributed by atoms with Gasteiger partial charge < -0.3 is 10.6 Å². The molecule has 0 radical (unpaired) electrons. The molecular weight excluding hydrogens is 210 g/mol. The molecule has 2 atom stereocenters. The number of aromatic nitrogens is 1. The predicted octanol–water partition coefficient (Wildman–Crippen LogP) is 2.87. The maximum Gasteiger partial charge on any atom is 0.129 e. The van der Waals surface area contributed by atoms with Gasteiger partial charge in [0.1, 0.15) is 5.82 Å². The first-order valence-corrected chi connectivity index (χ1v) is 6.66. The Morgan fingerprint density at radius 3 is 3.00 bits per heavy atom. The second-order valence-corrected chi connectivity index (χ2v) is 5.13. The monoisotopic (exact) mass is 233 g/mol. The SMILES string of the molecule is CC(N)c1ccnc(N2CCCCCC2C)c1. The van der Waals surface area contributed by atoms with E-state index >= 15 is 0 Å². The van der Waals surface area contributed by atoms with Gasteiger partial charge in [0.05, 0.1) is 0 Å². The molecule has 2 N–H and O–H groups in total. The highest BCUT2D eigenvalue weighted by atomic mass is 15.2. The van der Waals surface area contributed by atoms with Crippen LogP contribution in [0.2, 0.25) is 0 Å². The Labute approximate surface area is 104 Å². The summed E-state index contributed by atoms with van der Waals surface area (Å²) in [5.41, 5.74) is 7.10. The van der Waals surface area contributed by atoms with Crippen molar-refractivity contribution >= 4 is 5.82 Å². The van der Waals surface area contributed by atoms with Crippen LogP contribution in [0.15, 0.2) is 18.3 Å². The Morgan fingerprint density at radius 1 is 1.41 bits per heavy atom. The van der Waals surface area contributed by atoms with Crippen molar-refractivity contribution in [1.29, 1.82) is 0 Å². The zero-order valence-corrected chi connectivity index (χ0v) is 10.9. The summed E-state index contributed by atoms with van der Waals surface area (Å²) in [6, 6.07) is 4.83. The fourth-order valence-corrected chi connectivity index (χ4v) is 2.49. The van der Waals surface area contributed by atoms with Crippen molar-refractivity contribution in [1.82, 2.24) is 4.98 Å². The summed E-state index contributed by atoms with van der Waals surface area (Å²) in [4.78, 5) is 6.94. The fraction of sp³-hybridized carbons (Fsp3) is 0.643. The third-order valence-corrected chi connectivity index (χ3v) is 3.64. The summed E-state index contributed by atoms with van der Waals surface area (Å²) in [6.45, 7) is 5.44. The number of pyridine rings is 1. The molecule has 0 saturated carbocycles. The van der Waals surface area contributed by atoms with Crippen molar-refractivity contribution in [3.63, 3.8) is 0 Å². The van der Waals surface area contributed by atoms with Crippen LogP contribution in [0, 0.1) is 0 Å². The molecule has 1 aliphatic rings. The molecule has 17 heavy (non-hydrogen) atoms. The highest BCUT2D eigenvalue weighted by Gasteiger charge is 2.18. The van der Waals surface area contributed by atoms with Crippen LogP contribution in [0.25, 0.3) is 0 Å². The highest BCUT2D eigenvalue weighted by Crippen LogP contribution is 2.24. The number of anilines is 1. The summed E-state index contributed by atoms with van der Waals surface area (Å²) in [7, 11) is 0. The molecule has 2 unspecified atom stereocenters. The van der Waals surface area contributed by atoms with E-state index in [0.717, 1.165) is 12.4 Å². The maximum atomic E-state index is 5.93. The van der Waals surface area contributed by atoms with E-state index in [2.05, 4.69) is 22.9 Å². The van der Waals surface area contributed by atoms with E-state index in [4.69, 9.17) is 5.73 Å². The molecule has 3 heteroatoms. The average molecular weight is 233 g/mol. The van der Waals surface area contributed by atoms with Gasteiger partial charge in [-0.1, -0.05) is 12.8 Å². The van der Waals surface area contributed by atoms with Crippen LogP contribution in [0.3, 0.4) is 0 Å². The van der Waals surface area contributed by atoms with Crippen molar-refractivity contribution in [2.24, 2.45) is 5.73 Å². The van der Waals surface area contributed by atoms with E-state index in [-0.39, 0.29) is 6.04 Å². The van der Waals surface area contributed by atoms with E-state index in [1.807, 2.05) is 19.2 Å². The molecule has 0 bridgehead atoms. The zero-order valence-electron chi connectivity index (χ0n) is 10.9. The summed E-state index contributed by atoms with van der Waals surface area (Å²) in [5.74, 6) is 1.09. The zero-order chi connectivity index (χ0) is 12.3. The number of rotatable bonds is 2. The Kier molecular flexibility index (Phi) is 4.00. The summed E-state index contributed by atoms with van der Waals surface area (Å²) < 4.78 is 0. The van der Waals surface area contributed by atoms with Gasteiger partial charge in [0.2, 0.25) is 0 Å². The largest absolute Gasteiger partial charge is 0.354 e. The first kappa shape index (κ1) is 12.4. The van der Waals surface area contributed by atoms with Crippen LogP contribution >= 0.6 is 0 Å². The van der Waals surface area contributed by atoms with Gasteiger partial charge in [-0.05, 0) is 44.4 Å². The molecule has 1 saturated heterocycles. The molecule has 1 aromatic rings. The lowest BCUT2D eigenvalue weighted by atomic mass is 10.1. The van der Waals surface area contributed by atoms with E-state index in [9.17, 15) is 0 Å². The third-order valence-electron chi connectivity index (χ3n) is 3.64. The van der Waals surface area contributed by atoms with E-state index < -0.39 is 0 Å². The standard InChI is InChI=1S/C14H23N3/c1-11-6-4-3-5-9-17(11)14-10-13(12(2)15)7-8-16-14/h7-8,10-12H,3-6,9,15H2,1-2H3. The lowest BCUT2D eigenvalue weighted by molar-refractivity contribution is 0.610. The molecule has 2 rings (SSSR count). The van der Waals surface area contributed by atoms with Crippen molar-refractivity contribution < 1.29 is 0 Å². The predicted molar refractivity (Wildman–Crippen MR) is 72.1 cm³/mol. The molecule has 0 aromatic carbocycles. The number of hydrogen-bond acceptors (Lipinski definition) is 3. The van der Waals surface area contributed by atoms with Crippen molar-refractivity contribution in [3.05, 3.63) is 23.9 Å².